The van der Waals surface area contributed by atoms with E-state index in [-0.39, 0.29) is 17.4 Å². The van der Waals surface area contributed by atoms with E-state index in [0.717, 1.165) is 45.4 Å². The molecule has 1 unspecified atom stereocenters. The van der Waals surface area contributed by atoms with Crippen LogP contribution < -0.4 is 0 Å². The van der Waals surface area contributed by atoms with Crippen molar-refractivity contribution in [1.82, 2.24) is 14.5 Å². The lowest BCUT2D eigenvalue weighted by atomic mass is 9.58. The molecule has 0 spiro atoms. The average Bonchev–Trinajstić information content (AvgIpc) is 3.51. The Kier molecular flexibility index (Phi) is 6.42. The summed E-state index contributed by atoms with van der Waals surface area (Å²) in [5.74, 6) is 0.829. The van der Waals surface area contributed by atoms with Gasteiger partial charge in [-0.05, 0) is 61.7 Å². The van der Waals surface area contributed by atoms with Crippen molar-refractivity contribution >= 4 is 0 Å². The van der Waals surface area contributed by atoms with Crippen molar-refractivity contribution < 1.29 is 5.11 Å². The van der Waals surface area contributed by atoms with Crippen LogP contribution in [0.25, 0.3) is 0 Å². The Labute approximate surface area is 191 Å². The summed E-state index contributed by atoms with van der Waals surface area (Å²) in [4.78, 5) is 6.94. The molecule has 0 amide bonds. The number of likely N-dealkylation sites (tertiary alicyclic amines) is 1. The van der Waals surface area contributed by atoms with Gasteiger partial charge in [-0.2, -0.15) is 0 Å². The Morgan fingerprint density at radius 3 is 2.25 bits per heavy atom. The van der Waals surface area contributed by atoms with Gasteiger partial charge in [0.25, 0.3) is 0 Å². The summed E-state index contributed by atoms with van der Waals surface area (Å²) in [5, 5.41) is 11.2. The van der Waals surface area contributed by atoms with Crippen LogP contribution in [0, 0.1) is 11.8 Å². The van der Waals surface area contributed by atoms with Crippen LogP contribution in [0.2, 0.25) is 0 Å². The molecule has 168 valence electrons. The molecule has 0 bridgehead atoms. The predicted octanol–water partition coefficient (Wildman–Crippen LogP) is 4.89. The van der Waals surface area contributed by atoms with Gasteiger partial charge in [0.1, 0.15) is 0 Å². The zero-order valence-corrected chi connectivity index (χ0v) is 18.9. The fraction of sp³-hybridized carbons (Fsp3) is 0.464. The minimum Gasteiger partial charge on any atom is -0.393 e. The van der Waals surface area contributed by atoms with Crippen LogP contribution in [0.1, 0.15) is 43.2 Å². The topological polar surface area (TPSA) is 41.3 Å². The third-order valence-corrected chi connectivity index (χ3v) is 8.02. The summed E-state index contributed by atoms with van der Waals surface area (Å²) in [5.41, 5.74) is 2.71. The highest BCUT2D eigenvalue weighted by Crippen LogP contribution is 2.51. The number of hydrogen-bond acceptors (Lipinski definition) is 3. The van der Waals surface area contributed by atoms with E-state index >= 15 is 0 Å². The van der Waals surface area contributed by atoms with Gasteiger partial charge >= 0.3 is 0 Å². The monoisotopic (exact) mass is 429 g/mol. The van der Waals surface area contributed by atoms with Gasteiger partial charge < -0.3 is 9.67 Å². The van der Waals surface area contributed by atoms with Crippen LogP contribution in [0.3, 0.4) is 0 Å². The third-order valence-electron chi connectivity index (χ3n) is 8.02. The first-order valence-corrected chi connectivity index (χ1v) is 12.2. The molecule has 1 aliphatic heterocycles. The first-order valence-electron chi connectivity index (χ1n) is 12.2. The average molecular weight is 430 g/mol. The van der Waals surface area contributed by atoms with Crippen LogP contribution in [0.5, 0.6) is 0 Å². The molecule has 1 aromatic heterocycles. The second-order valence-electron chi connectivity index (χ2n) is 9.78. The maximum Gasteiger partial charge on any atom is 0.0946 e. The van der Waals surface area contributed by atoms with Gasteiger partial charge in [0, 0.05) is 30.9 Å². The second-order valence-corrected chi connectivity index (χ2v) is 9.78. The van der Waals surface area contributed by atoms with Gasteiger partial charge in [0.15, 0.2) is 0 Å². The normalized spacial score (nSPS) is 24.4. The molecule has 2 aliphatic rings. The van der Waals surface area contributed by atoms with Gasteiger partial charge in [-0.15, -0.1) is 0 Å². The fourth-order valence-corrected chi connectivity index (χ4v) is 6.51. The lowest BCUT2D eigenvalue weighted by molar-refractivity contribution is 0.0137. The van der Waals surface area contributed by atoms with Crippen molar-refractivity contribution in [2.75, 3.05) is 13.1 Å². The molecule has 0 radical (unpaired) electrons. The molecule has 2 fully saturated rings. The van der Waals surface area contributed by atoms with E-state index < -0.39 is 0 Å². The number of imidazole rings is 1. The Morgan fingerprint density at radius 2 is 1.62 bits per heavy atom. The molecular weight excluding hydrogens is 394 g/mol. The molecule has 1 saturated carbocycles. The van der Waals surface area contributed by atoms with E-state index in [4.69, 9.17) is 0 Å². The molecule has 4 nitrogen and oxygen atoms in total. The number of aromatic nitrogens is 2. The molecule has 2 aromatic carbocycles. The summed E-state index contributed by atoms with van der Waals surface area (Å²) >= 11 is 0. The first kappa shape index (κ1) is 21.4. The number of aliphatic hydroxyl groups excluding tert-OH is 1. The fourth-order valence-electron chi connectivity index (χ4n) is 6.51. The quantitative estimate of drug-likeness (QED) is 0.581. The summed E-state index contributed by atoms with van der Waals surface area (Å²) in [7, 11) is 0. The molecule has 1 saturated heterocycles. The van der Waals surface area contributed by atoms with Crippen molar-refractivity contribution in [3.05, 3.63) is 90.5 Å². The van der Waals surface area contributed by atoms with Crippen molar-refractivity contribution in [2.24, 2.45) is 11.8 Å². The summed E-state index contributed by atoms with van der Waals surface area (Å²) < 4.78 is 2.24. The van der Waals surface area contributed by atoms with Crippen molar-refractivity contribution in [3.8, 4) is 0 Å². The number of benzene rings is 2. The van der Waals surface area contributed by atoms with Crippen LogP contribution in [0.15, 0.2) is 79.4 Å². The maximum absolute atomic E-state index is 11.2. The molecule has 3 aromatic rings. The van der Waals surface area contributed by atoms with Gasteiger partial charge in [-0.3, -0.25) is 4.90 Å². The van der Waals surface area contributed by atoms with E-state index in [0.29, 0.717) is 5.92 Å². The number of aliphatic hydroxyl groups is 1. The van der Waals surface area contributed by atoms with Crippen molar-refractivity contribution in [3.63, 3.8) is 0 Å². The lowest BCUT2D eigenvalue weighted by Crippen LogP contribution is -2.52. The molecule has 1 aliphatic carbocycles. The summed E-state index contributed by atoms with van der Waals surface area (Å²) in [6.45, 7) is 4.14. The van der Waals surface area contributed by atoms with E-state index in [9.17, 15) is 5.11 Å². The molecule has 4 heteroatoms. The Hall–Kier alpha value is -2.43. The zero-order chi connectivity index (χ0) is 21.8. The van der Waals surface area contributed by atoms with Gasteiger partial charge in [0.05, 0.1) is 12.4 Å². The smallest absolute Gasteiger partial charge is 0.0946 e. The van der Waals surface area contributed by atoms with E-state index in [1.807, 2.05) is 12.5 Å². The highest BCUT2D eigenvalue weighted by molar-refractivity contribution is 5.30. The Balaban J connectivity index is 1.45. The van der Waals surface area contributed by atoms with Crippen LogP contribution in [-0.2, 0) is 18.5 Å². The van der Waals surface area contributed by atoms with Crippen LogP contribution in [0.4, 0.5) is 0 Å². The Bertz CT molecular complexity index is 951. The largest absolute Gasteiger partial charge is 0.393 e. The summed E-state index contributed by atoms with van der Waals surface area (Å²) in [6, 6.07) is 21.9. The lowest BCUT2D eigenvalue weighted by Gasteiger charge is -2.50. The van der Waals surface area contributed by atoms with E-state index in [1.165, 1.54) is 24.0 Å². The van der Waals surface area contributed by atoms with Crippen molar-refractivity contribution in [1.29, 1.82) is 0 Å². The minimum absolute atomic E-state index is 0.0727. The predicted molar refractivity (Wildman–Crippen MR) is 128 cm³/mol. The molecule has 3 atom stereocenters. The number of rotatable bonds is 7. The molecular formula is C28H35N3O. The molecule has 2 heterocycles. The van der Waals surface area contributed by atoms with Crippen LogP contribution in [-0.4, -0.2) is 38.8 Å². The van der Waals surface area contributed by atoms with Gasteiger partial charge in [-0.25, -0.2) is 4.98 Å². The molecule has 32 heavy (non-hydrogen) atoms. The highest BCUT2D eigenvalue weighted by Gasteiger charge is 2.51. The highest BCUT2D eigenvalue weighted by atomic mass is 16.3. The third kappa shape index (κ3) is 4.26. The van der Waals surface area contributed by atoms with Gasteiger partial charge in [0.2, 0.25) is 0 Å². The van der Waals surface area contributed by atoms with Crippen LogP contribution >= 0.6 is 0 Å². The molecule has 1 N–H and O–H groups in total. The SMILES string of the molecule is O[C@H]1CCC[C@@H]1C(Cn1ccnc1)(c1ccccc1)C1CCN(Cc2ccccc2)CC1. The maximum atomic E-state index is 11.2. The number of nitrogens with zero attached hydrogens (tertiary/aromatic N) is 3. The number of piperidine rings is 1. The minimum atomic E-state index is -0.221. The first-order chi connectivity index (χ1) is 15.8. The number of hydrogen-bond donors (Lipinski definition) is 1. The molecule has 5 rings (SSSR count). The Morgan fingerprint density at radius 1 is 0.906 bits per heavy atom. The summed E-state index contributed by atoms with van der Waals surface area (Å²) in [6.07, 6.45) is 11.2. The van der Waals surface area contributed by atoms with Gasteiger partial charge in [-0.1, -0.05) is 67.1 Å². The second kappa shape index (κ2) is 9.60. The van der Waals surface area contributed by atoms with E-state index in [2.05, 4.69) is 81.3 Å². The zero-order valence-electron chi connectivity index (χ0n) is 18.9. The van der Waals surface area contributed by atoms with E-state index in [1.54, 1.807) is 0 Å². The standard InChI is InChI=1S/C28H35N3O/c32-27-13-7-12-26(27)28(21-31-19-16-29-22-31,24-10-5-2-6-11-24)25-14-17-30(18-15-25)20-23-8-3-1-4-9-23/h1-6,8-11,16,19,22,25-27,32H,7,12-15,17-18,20-21H2/t26-,27-,28?/m0/s1. The van der Waals surface area contributed by atoms with Crippen molar-refractivity contribution in [2.45, 2.75) is 56.7 Å².